The van der Waals surface area contributed by atoms with Crippen LogP contribution in [0.5, 0.6) is 0 Å². The van der Waals surface area contributed by atoms with E-state index in [1.807, 2.05) is 0 Å². The minimum absolute atomic E-state index is 0.436. The van der Waals surface area contributed by atoms with Gasteiger partial charge in [0.1, 0.15) is 11.6 Å². The summed E-state index contributed by atoms with van der Waals surface area (Å²) >= 11 is 0. The Hall–Kier alpha value is -1.70. The zero-order valence-corrected chi connectivity index (χ0v) is 14.6. The van der Waals surface area contributed by atoms with E-state index in [9.17, 15) is 10.2 Å². The van der Waals surface area contributed by atoms with Crippen molar-refractivity contribution >= 4 is 0 Å². The molecule has 0 amide bonds. The molecule has 0 spiro atoms. The van der Waals surface area contributed by atoms with Crippen LogP contribution in [0.3, 0.4) is 0 Å². The van der Waals surface area contributed by atoms with E-state index >= 15 is 0 Å². The number of aromatic amines is 2. The highest BCUT2D eigenvalue weighted by atomic mass is 16.3. The maximum absolute atomic E-state index is 10.5. The molecule has 0 radical (unpaired) electrons. The molecule has 0 saturated heterocycles. The highest BCUT2D eigenvalue weighted by Gasteiger charge is 2.25. The summed E-state index contributed by atoms with van der Waals surface area (Å²) in [6, 6.07) is 0.436. The molecule has 1 fully saturated rings. The summed E-state index contributed by atoms with van der Waals surface area (Å²) in [5.74, 6) is 1.60. The lowest BCUT2D eigenvalue weighted by molar-refractivity contribution is 0.0338. The van der Waals surface area contributed by atoms with Crippen LogP contribution in [0.1, 0.15) is 43.8 Å². The molecule has 1 saturated carbocycles. The van der Waals surface area contributed by atoms with Crippen molar-refractivity contribution in [3.8, 4) is 0 Å². The smallest absolute Gasteiger partial charge is 0.108 e. The van der Waals surface area contributed by atoms with Crippen molar-refractivity contribution in [1.29, 1.82) is 0 Å². The minimum atomic E-state index is -0.496. The molecule has 3 rings (SSSR count). The van der Waals surface area contributed by atoms with Crippen LogP contribution in [0.15, 0.2) is 24.8 Å². The monoisotopic (exact) mass is 347 g/mol. The summed E-state index contributed by atoms with van der Waals surface area (Å²) in [6.45, 7) is 1.11. The molecule has 4 N–H and O–H groups in total. The predicted molar refractivity (Wildman–Crippen MR) is 95.0 cm³/mol. The summed E-state index contributed by atoms with van der Waals surface area (Å²) in [4.78, 5) is 16.7. The number of imidazole rings is 2. The zero-order valence-electron chi connectivity index (χ0n) is 14.6. The lowest BCUT2D eigenvalue weighted by atomic mass is 9.93. The van der Waals surface area contributed by atoms with Crippen LogP contribution in [0.2, 0.25) is 0 Å². The molecule has 0 aromatic carbocycles. The second kappa shape index (κ2) is 9.12. The largest absolute Gasteiger partial charge is 0.391 e. The highest BCUT2D eigenvalue weighted by Crippen LogP contribution is 2.23. The van der Waals surface area contributed by atoms with E-state index in [1.54, 1.807) is 24.8 Å². The van der Waals surface area contributed by atoms with Gasteiger partial charge in [0.25, 0.3) is 0 Å². The Morgan fingerprint density at radius 3 is 1.88 bits per heavy atom. The lowest BCUT2D eigenvalue weighted by Gasteiger charge is -2.36. The average molecular weight is 347 g/mol. The van der Waals surface area contributed by atoms with Gasteiger partial charge in [-0.3, -0.25) is 4.90 Å². The molecular weight excluding hydrogens is 318 g/mol. The van der Waals surface area contributed by atoms with E-state index in [4.69, 9.17) is 0 Å². The normalized spacial score (nSPS) is 18.5. The lowest BCUT2D eigenvalue weighted by Crippen LogP contribution is -2.46. The quantitative estimate of drug-likeness (QED) is 0.547. The first-order chi connectivity index (χ1) is 12.2. The van der Waals surface area contributed by atoms with Gasteiger partial charge in [0, 0.05) is 56.8 Å². The van der Waals surface area contributed by atoms with Crippen LogP contribution >= 0.6 is 0 Å². The number of hydrogen-bond acceptors (Lipinski definition) is 5. The Balaban J connectivity index is 1.57. The number of H-pyrrole nitrogens is 2. The zero-order chi connectivity index (χ0) is 17.5. The third-order valence-corrected chi connectivity index (χ3v) is 4.95. The fourth-order valence-corrected chi connectivity index (χ4v) is 3.75. The maximum Gasteiger partial charge on any atom is 0.108 e. The van der Waals surface area contributed by atoms with Crippen LogP contribution in [0.25, 0.3) is 0 Å². The summed E-state index contributed by atoms with van der Waals surface area (Å²) in [7, 11) is 0. The molecule has 2 unspecified atom stereocenters. The number of nitrogens with one attached hydrogen (secondary N) is 2. The second-order valence-electron chi connectivity index (χ2n) is 7.03. The van der Waals surface area contributed by atoms with E-state index in [0.717, 1.165) is 24.5 Å². The molecule has 7 heteroatoms. The number of aliphatic hydroxyl groups excluding tert-OH is 2. The average Bonchev–Trinajstić information content (AvgIpc) is 3.29. The topological polar surface area (TPSA) is 101 Å². The van der Waals surface area contributed by atoms with Crippen molar-refractivity contribution in [2.45, 2.75) is 63.2 Å². The first-order valence-corrected chi connectivity index (χ1v) is 9.27. The van der Waals surface area contributed by atoms with E-state index in [-0.39, 0.29) is 0 Å². The van der Waals surface area contributed by atoms with Crippen LogP contribution in [0, 0.1) is 0 Å². The molecule has 2 atom stereocenters. The van der Waals surface area contributed by atoms with E-state index in [1.165, 1.54) is 19.3 Å². The Bertz CT molecular complexity index is 536. The predicted octanol–water partition coefficient (Wildman–Crippen LogP) is 1.27. The SMILES string of the molecule is OC(Cc1ncc[nH]1)CN(CC(O)Cc1ncc[nH]1)C1CCCCC1. The van der Waals surface area contributed by atoms with Crippen molar-refractivity contribution in [1.82, 2.24) is 24.8 Å². The summed E-state index contributed by atoms with van der Waals surface area (Å²) in [5, 5.41) is 21.0. The van der Waals surface area contributed by atoms with Crippen LogP contribution in [0.4, 0.5) is 0 Å². The Morgan fingerprint density at radius 1 is 0.920 bits per heavy atom. The molecule has 25 heavy (non-hydrogen) atoms. The van der Waals surface area contributed by atoms with Gasteiger partial charge in [0.2, 0.25) is 0 Å². The van der Waals surface area contributed by atoms with Crippen molar-refractivity contribution in [3.05, 3.63) is 36.4 Å². The molecule has 2 aromatic heterocycles. The van der Waals surface area contributed by atoms with Gasteiger partial charge in [-0.1, -0.05) is 19.3 Å². The number of rotatable bonds is 9. The number of aromatic nitrogens is 4. The standard InChI is InChI=1S/C18H29N5O2/c24-15(10-17-19-6-7-20-17)12-23(14-4-2-1-3-5-14)13-16(25)11-18-21-8-9-22-18/h6-9,14-16,24-25H,1-5,10-13H2,(H,19,20)(H,21,22). The molecule has 0 bridgehead atoms. The third kappa shape index (κ3) is 5.66. The Labute approximate surface area is 148 Å². The van der Waals surface area contributed by atoms with Gasteiger partial charge in [-0.15, -0.1) is 0 Å². The maximum atomic E-state index is 10.5. The van der Waals surface area contributed by atoms with Gasteiger partial charge < -0.3 is 20.2 Å². The molecule has 0 aliphatic heterocycles. The molecule has 2 heterocycles. The van der Waals surface area contributed by atoms with Gasteiger partial charge >= 0.3 is 0 Å². The van der Waals surface area contributed by atoms with Crippen LogP contribution in [-0.2, 0) is 12.8 Å². The van der Waals surface area contributed by atoms with E-state index in [0.29, 0.717) is 32.0 Å². The van der Waals surface area contributed by atoms with Crippen LogP contribution < -0.4 is 0 Å². The Morgan fingerprint density at radius 2 is 1.44 bits per heavy atom. The van der Waals surface area contributed by atoms with E-state index in [2.05, 4.69) is 24.8 Å². The highest BCUT2D eigenvalue weighted by molar-refractivity contribution is 4.92. The molecule has 7 nitrogen and oxygen atoms in total. The number of hydrogen-bond donors (Lipinski definition) is 4. The molecule has 1 aliphatic rings. The molecular formula is C18H29N5O2. The Kier molecular flexibility index (Phi) is 6.61. The molecule has 1 aliphatic carbocycles. The first kappa shape index (κ1) is 18.1. The van der Waals surface area contributed by atoms with Crippen molar-refractivity contribution in [2.75, 3.05) is 13.1 Å². The van der Waals surface area contributed by atoms with Crippen molar-refractivity contribution in [2.24, 2.45) is 0 Å². The third-order valence-electron chi connectivity index (χ3n) is 4.95. The summed E-state index contributed by atoms with van der Waals surface area (Å²) in [6.07, 6.45) is 13.0. The molecule has 138 valence electrons. The van der Waals surface area contributed by atoms with Gasteiger partial charge in [-0.2, -0.15) is 0 Å². The summed E-state index contributed by atoms with van der Waals surface area (Å²) < 4.78 is 0. The fourth-order valence-electron chi connectivity index (χ4n) is 3.75. The van der Waals surface area contributed by atoms with Gasteiger partial charge in [-0.05, 0) is 12.8 Å². The minimum Gasteiger partial charge on any atom is -0.391 e. The molecule has 2 aromatic rings. The van der Waals surface area contributed by atoms with E-state index < -0.39 is 12.2 Å². The summed E-state index contributed by atoms with van der Waals surface area (Å²) in [5.41, 5.74) is 0. The van der Waals surface area contributed by atoms with Gasteiger partial charge in [-0.25, -0.2) is 9.97 Å². The van der Waals surface area contributed by atoms with Crippen LogP contribution in [-0.4, -0.2) is 66.4 Å². The first-order valence-electron chi connectivity index (χ1n) is 9.27. The van der Waals surface area contributed by atoms with Crippen molar-refractivity contribution in [3.63, 3.8) is 0 Å². The fraction of sp³-hybridized carbons (Fsp3) is 0.667. The van der Waals surface area contributed by atoms with Gasteiger partial charge in [0.05, 0.1) is 12.2 Å². The van der Waals surface area contributed by atoms with Gasteiger partial charge in [0.15, 0.2) is 0 Å². The number of aliphatic hydroxyl groups is 2. The second-order valence-corrected chi connectivity index (χ2v) is 7.03. The van der Waals surface area contributed by atoms with Crippen molar-refractivity contribution < 1.29 is 10.2 Å². The number of nitrogens with zero attached hydrogens (tertiary/aromatic N) is 3.